The van der Waals surface area contributed by atoms with Crippen molar-refractivity contribution >= 4 is 11.6 Å². The first-order valence-electron chi connectivity index (χ1n) is 10.4. The molecular weight excluding hydrogens is 366 g/mol. The van der Waals surface area contributed by atoms with Crippen molar-refractivity contribution in [2.24, 2.45) is 5.92 Å². The fourth-order valence-electron chi connectivity index (χ4n) is 3.99. The Bertz CT molecular complexity index is 886. The summed E-state index contributed by atoms with van der Waals surface area (Å²) in [6.07, 6.45) is 1.78. The van der Waals surface area contributed by atoms with E-state index in [2.05, 4.69) is 13.8 Å². The molecular formula is C24H29NO4. The van der Waals surface area contributed by atoms with E-state index in [1.165, 1.54) is 0 Å². The van der Waals surface area contributed by atoms with Crippen molar-refractivity contribution in [3.05, 3.63) is 59.2 Å². The van der Waals surface area contributed by atoms with Gasteiger partial charge in [0, 0.05) is 11.1 Å². The number of nitrogens with zero attached hydrogens (tertiary/aromatic N) is 1. The van der Waals surface area contributed by atoms with Crippen LogP contribution in [0, 0.1) is 12.8 Å². The molecule has 2 aliphatic heterocycles. The van der Waals surface area contributed by atoms with E-state index in [1.807, 2.05) is 49.4 Å². The molecule has 0 radical (unpaired) electrons. The highest BCUT2D eigenvalue weighted by Gasteiger charge is 2.55. The van der Waals surface area contributed by atoms with Crippen LogP contribution in [0.3, 0.4) is 0 Å². The first-order valence-corrected chi connectivity index (χ1v) is 10.4. The van der Waals surface area contributed by atoms with Gasteiger partial charge in [-0.3, -0.25) is 4.79 Å². The van der Waals surface area contributed by atoms with Crippen LogP contribution in [-0.4, -0.2) is 25.7 Å². The summed E-state index contributed by atoms with van der Waals surface area (Å²) in [5, 5.41) is 0. The number of ether oxygens (including phenoxy) is 3. The summed E-state index contributed by atoms with van der Waals surface area (Å²) in [5.74, 6) is -0.0640. The molecule has 0 N–H and O–H groups in total. The Hall–Kier alpha value is -2.37. The predicted molar refractivity (Wildman–Crippen MR) is 112 cm³/mol. The minimum absolute atomic E-state index is 0.154. The van der Waals surface area contributed by atoms with Crippen LogP contribution in [0.2, 0.25) is 0 Å². The molecule has 29 heavy (non-hydrogen) atoms. The van der Waals surface area contributed by atoms with Gasteiger partial charge in [-0.05, 0) is 37.3 Å². The van der Waals surface area contributed by atoms with Gasteiger partial charge in [0.15, 0.2) is 0 Å². The summed E-state index contributed by atoms with van der Waals surface area (Å²) in [4.78, 5) is 15.3. The molecule has 1 amide bonds. The third-order valence-electron chi connectivity index (χ3n) is 5.54. The van der Waals surface area contributed by atoms with Gasteiger partial charge in [-0.25, -0.2) is 0 Å². The van der Waals surface area contributed by atoms with Gasteiger partial charge in [0.2, 0.25) is 0 Å². The standard InChI is InChI=1S/C24H29NO4/c1-17(2)12-15-27-21-11-5-4-9-19(21)16-25-22-18(3)8-6-10-20(22)24(23(25)26)28-13-7-14-29-24/h4-6,8-11,17H,7,12-16H2,1-3H3. The molecule has 2 heterocycles. The molecule has 2 aromatic carbocycles. The average Bonchev–Trinajstić information content (AvgIpc) is 2.93. The molecule has 2 aliphatic rings. The molecule has 0 saturated carbocycles. The van der Waals surface area contributed by atoms with Crippen LogP contribution in [0.15, 0.2) is 42.5 Å². The van der Waals surface area contributed by atoms with Gasteiger partial charge in [-0.1, -0.05) is 50.2 Å². The molecule has 0 atom stereocenters. The Balaban J connectivity index is 1.66. The smallest absolute Gasteiger partial charge is 0.292 e. The first-order chi connectivity index (χ1) is 14.0. The summed E-state index contributed by atoms with van der Waals surface area (Å²) in [7, 11) is 0. The lowest BCUT2D eigenvalue weighted by molar-refractivity contribution is -0.256. The summed E-state index contributed by atoms with van der Waals surface area (Å²) in [6, 6.07) is 13.9. The number of benzene rings is 2. The van der Waals surface area contributed by atoms with E-state index in [-0.39, 0.29) is 5.91 Å². The first kappa shape index (κ1) is 19.9. The highest BCUT2D eigenvalue weighted by molar-refractivity contribution is 6.06. The van der Waals surface area contributed by atoms with Crippen molar-refractivity contribution in [2.75, 3.05) is 24.7 Å². The van der Waals surface area contributed by atoms with Crippen molar-refractivity contribution in [1.29, 1.82) is 0 Å². The third-order valence-corrected chi connectivity index (χ3v) is 5.54. The second-order valence-corrected chi connectivity index (χ2v) is 8.17. The van der Waals surface area contributed by atoms with Crippen LogP contribution in [0.5, 0.6) is 5.75 Å². The quantitative estimate of drug-likeness (QED) is 0.720. The van der Waals surface area contributed by atoms with E-state index >= 15 is 0 Å². The Morgan fingerprint density at radius 1 is 1.10 bits per heavy atom. The Morgan fingerprint density at radius 2 is 1.86 bits per heavy atom. The predicted octanol–water partition coefficient (Wildman–Crippen LogP) is 4.56. The zero-order valence-electron chi connectivity index (χ0n) is 17.4. The molecule has 1 saturated heterocycles. The number of amides is 1. The van der Waals surface area contributed by atoms with Gasteiger partial charge < -0.3 is 19.1 Å². The molecule has 0 unspecified atom stereocenters. The number of anilines is 1. The van der Waals surface area contributed by atoms with Crippen LogP contribution in [0.1, 0.15) is 43.4 Å². The molecule has 154 valence electrons. The topological polar surface area (TPSA) is 48.0 Å². The van der Waals surface area contributed by atoms with Crippen LogP contribution >= 0.6 is 0 Å². The maximum Gasteiger partial charge on any atom is 0.292 e. The van der Waals surface area contributed by atoms with E-state index < -0.39 is 5.79 Å². The highest BCUT2D eigenvalue weighted by atomic mass is 16.7. The monoisotopic (exact) mass is 395 g/mol. The van der Waals surface area contributed by atoms with E-state index in [4.69, 9.17) is 14.2 Å². The van der Waals surface area contributed by atoms with E-state index in [9.17, 15) is 4.79 Å². The normalized spacial score (nSPS) is 17.8. The summed E-state index contributed by atoms with van der Waals surface area (Å²) in [6.45, 7) is 8.50. The van der Waals surface area contributed by atoms with Gasteiger partial charge >= 0.3 is 0 Å². The van der Waals surface area contributed by atoms with E-state index in [0.717, 1.165) is 41.0 Å². The molecule has 4 rings (SSSR count). The fourth-order valence-corrected chi connectivity index (χ4v) is 3.99. The largest absolute Gasteiger partial charge is 0.493 e. The van der Waals surface area contributed by atoms with Crippen LogP contribution in [0.4, 0.5) is 5.69 Å². The minimum Gasteiger partial charge on any atom is -0.493 e. The van der Waals surface area contributed by atoms with Crippen molar-refractivity contribution in [3.8, 4) is 5.75 Å². The molecule has 0 aromatic heterocycles. The van der Waals surface area contributed by atoms with Crippen LogP contribution in [-0.2, 0) is 26.6 Å². The fraction of sp³-hybridized carbons (Fsp3) is 0.458. The van der Waals surface area contributed by atoms with Crippen LogP contribution < -0.4 is 9.64 Å². The van der Waals surface area contributed by atoms with Crippen molar-refractivity contribution in [1.82, 2.24) is 0 Å². The van der Waals surface area contributed by atoms with Gasteiger partial charge in [0.25, 0.3) is 11.7 Å². The molecule has 2 aromatic rings. The molecule has 1 fully saturated rings. The number of carbonyl (C=O) groups excluding carboxylic acids is 1. The highest BCUT2D eigenvalue weighted by Crippen LogP contribution is 2.47. The summed E-state index contributed by atoms with van der Waals surface area (Å²) >= 11 is 0. The SMILES string of the molecule is Cc1cccc2c1N(Cc1ccccc1OCCC(C)C)C(=O)C21OCCCO1. The van der Waals surface area contributed by atoms with Gasteiger partial charge in [0.05, 0.1) is 32.1 Å². The molecule has 0 aliphatic carbocycles. The second kappa shape index (κ2) is 8.17. The zero-order chi connectivity index (χ0) is 20.4. The number of fused-ring (bicyclic) bond motifs is 2. The van der Waals surface area contributed by atoms with Crippen LogP contribution in [0.25, 0.3) is 0 Å². The number of hydrogen-bond donors (Lipinski definition) is 0. The molecule has 0 bridgehead atoms. The Labute approximate surface area is 172 Å². The second-order valence-electron chi connectivity index (χ2n) is 8.17. The lowest BCUT2D eigenvalue weighted by atomic mass is 10.0. The average molecular weight is 395 g/mol. The number of aryl methyl sites for hydroxylation is 1. The van der Waals surface area contributed by atoms with E-state index in [0.29, 0.717) is 32.3 Å². The maximum atomic E-state index is 13.5. The molecule has 5 nitrogen and oxygen atoms in total. The number of hydrogen-bond acceptors (Lipinski definition) is 4. The number of rotatable bonds is 6. The van der Waals surface area contributed by atoms with Gasteiger partial charge in [-0.2, -0.15) is 0 Å². The van der Waals surface area contributed by atoms with Gasteiger partial charge in [0.1, 0.15) is 5.75 Å². The van der Waals surface area contributed by atoms with Crippen molar-refractivity contribution in [2.45, 2.75) is 45.9 Å². The summed E-state index contributed by atoms with van der Waals surface area (Å²) in [5.41, 5.74) is 3.70. The minimum atomic E-state index is -1.31. The van der Waals surface area contributed by atoms with Crippen molar-refractivity contribution in [3.63, 3.8) is 0 Å². The van der Waals surface area contributed by atoms with E-state index in [1.54, 1.807) is 4.90 Å². The molecule has 5 heteroatoms. The van der Waals surface area contributed by atoms with Gasteiger partial charge in [-0.15, -0.1) is 0 Å². The Kier molecular flexibility index (Phi) is 5.61. The number of carbonyl (C=O) groups is 1. The zero-order valence-corrected chi connectivity index (χ0v) is 17.4. The molecule has 1 spiro atoms. The maximum absolute atomic E-state index is 13.5. The number of para-hydroxylation sites is 2. The van der Waals surface area contributed by atoms with Crippen molar-refractivity contribution < 1.29 is 19.0 Å². The lowest BCUT2D eigenvalue weighted by Gasteiger charge is -2.32. The third kappa shape index (κ3) is 3.65. The Morgan fingerprint density at radius 3 is 2.62 bits per heavy atom. The summed E-state index contributed by atoms with van der Waals surface area (Å²) < 4.78 is 18.0. The lowest BCUT2D eigenvalue weighted by Crippen LogP contribution is -2.47.